The number of aliphatic carboxylic acids is 1. The number of benzene rings is 2. The fourth-order valence-corrected chi connectivity index (χ4v) is 2.44. The van der Waals surface area contributed by atoms with Crippen molar-refractivity contribution in [2.45, 2.75) is 20.3 Å². The van der Waals surface area contributed by atoms with Gasteiger partial charge in [-0.25, -0.2) is 4.79 Å². The highest BCUT2D eigenvalue weighted by Crippen LogP contribution is 2.30. The first-order valence-electron chi connectivity index (χ1n) is 8.21. The number of carboxylic acid groups (broad SMARTS) is 1. The first-order chi connectivity index (χ1) is 12.4. The predicted octanol–water partition coefficient (Wildman–Crippen LogP) is 4.45. The van der Waals surface area contributed by atoms with Crippen LogP contribution in [0, 0.1) is 0 Å². The summed E-state index contributed by atoms with van der Waals surface area (Å²) in [7, 11) is 1.57. The number of phenols is 1. The zero-order chi connectivity index (χ0) is 19.1. The minimum atomic E-state index is -1.06. The summed E-state index contributed by atoms with van der Waals surface area (Å²) in [6, 6.07) is 12.2. The molecule has 2 aromatic carbocycles. The van der Waals surface area contributed by atoms with E-state index in [4.69, 9.17) is 4.74 Å². The first-order valence-corrected chi connectivity index (χ1v) is 8.21. The quantitative estimate of drug-likeness (QED) is 0.506. The third-order valence-electron chi connectivity index (χ3n) is 3.80. The van der Waals surface area contributed by atoms with Gasteiger partial charge < -0.3 is 20.3 Å². The number of carbonyl (C=O) groups is 1. The Bertz CT molecular complexity index is 832. The molecule has 5 nitrogen and oxygen atoms in total. The average molecular weight is 353 g/mol. The van der Waals surface area contributed by atoms with E-state index in [1.54, 1.807) is 43.5 Å². The molecule has 0 unspecified atom stereocenters. The Morgan fingerprint density at radius 1 is 1.15 bits per heavy atom. The highest BCUT2D eigenvalue weighted by atomic mass is 16.5. The Hall–Kier alpha value is -3.21. The number of nitrogens with one attached hydrogen (secondary N) is 1. The van der Waals surface area contributed by atoms with Crippen LogP contribution in [0.15, 0.2) is 60.2 Å². The van der Waals surface area contributed by atoms with Crippen molar-refractivity contribution in [1.29, 1.82) is 0 Å². The zero-order valence-electron chi connectivity index (χ0n) is 15.1. The molecule has 0 aliphatic carbocycles. The molecule has 0 aromatic heterocycles. The number of aromatic hydroxyl groups is 1. The van der Waals surface area contributed by atoms with Gasteiger partial charge in [-0.3, -0.25) is 0 Å². The van der Waals surface area contributed by atoms with Crippen LogP contribution in [0.2, 0.25) is 0 Å². The van der Waals surface area contributed by atoms with E-state index in [0.717, 1.165) is 11.6 Å². The first kappa shape index (κ1) is 19.1. The molecule has 0 heterocycles. The van der Waals surface area contributed by atoms with E-state index in [0.29, 0.717) is 34.7 Å². The van der Waals surface area contributed by atoms with E-state index >= 15 is 0 Å². The molecule has 26 heavy (non-hydrogen) atoms. The Balaban J connectivity index is 2.41. The Kier molecular flexibility index (Phi) is 6.44. The number of carboxylic acids is 1. The summed E-state index contributed by atoms with van der Waals surface area (Å²) in [6.07, 6.45) is 3.66. The van der Waals surface area contributed by atoms with Gasteiger partial charge in [-0.15, -0.1) is 0 Å². The molecule has 0 fully saturated rings. The molecule has 2 aromatic rings. The normalized spacial score (nSPS) is 11.0. The van der Waals surface area contributed by atoms with Crippen molar-refractivity contribution >= 4 is 17.4 Å². The monoisotopic (exact) mass is 353 g/mol. The molecule has 0 radical (unpaired) electrons. The summed E-state index contributed by atoms with van der Waals surface area (Å²) in [6.45, 7) is 3.97. The van der Waals surface area contributed by atoms with Crippen LogP contribution in [0.3, 0.4) is 0 Å². The Morgan fingerprint density at radius 3 is 2.42 bits per heavy atom. The minimum absolute atomic E-state index is 0.164. The van der Waals surface area contributed by atoms with Gasteiger partial charge in [0.15, 0.2) is 0 Å². The van der Waals surface area contributed by atoms with Crippen LogP contribution >= 0.6 is 0 Å². The maximum absolute atomic E-state index is 11.3. The van der Waals surface area contributed by atoms with Gasteiger partial charge in [-0.1, -0.05) is 17.7 Å². The van der Waals surface area contributed by atoms with Gasteiger partial charge in [0.2, 0.25) is 0 Å². The van der Waals surface area contributed by atoms with Gasteiger partial charge in [0, 0.05) is 17.3 Å². The van der Waals surface area contributed by atoms with Gasteiger partial charge in [-0.2, -0.15) is 0 Å². The van der Waals surface area contributed by atoms with E-state index in [1.165, 1.54) is 0 Å². The van der Waals surface area contributed by atoms with Crippen LogP contribution < -0.4 is 10.1 Å². The van der Waals surface area contributed by atoms with Crippen molar-refractivity contribution in [1.82, 2.24) is 0 Å². The molecule has 0 spiro atoms. The molecular weight excluding hydrogens is 330 g/mol. The van der Waals surface area contributed by atoms with Gasteiger partial charge in [-0.05, 0) is 62.2 Å². The molecule has 0 aliphatic heterocycles. The van der Waals surface area contributed by atoms with Gasteiger partial charge >= 0.3 is 5.97 Å². The maximum atomic E-state index is 11.3. The molecule has 0 bridgehead atoms. The van der Waals surface area contributed by atoms with E-state index in [-0.39, 0.29) is 5.75 Å². The zero-order valence-corrected chi connectivity index (χ0v) is 15.1. The molecular formula is C21H23NO4. The lowest BCUT2D eigenvalue weighted by Gasteiger charge is -2.16. The van der Waals surface area contributed by atoms with Gasteiger partial charge in [0.25, 0.3) is 0 Å². The second kappa shape index (κ2) is 8.76. The van der Waals surface area contributed by atoms with E-state index in [9.17, 15) is 15.0 Å². The lowest BCUT2D eigenvalue weighted by atomic mass is 10.0. The summed E-state index contributed by atoms with van der Waals surface area (Å²) in [5.74, 6) is -0.212. The minimum Gasteiger partial charge on any atom is -0.508 e. The summed E-state index contributed by atoms with van der Waals surface area (Å²) in [4.78, 5) is 11.3. The van der Waals surface area contributed by atoms with Crippen molar-refractivity contribution < 1.29 is 19.7 Å². The number of anilines is 1. The molecule has 0 amide bonds. The summed E-state index contributed by atoms with van der Waals surface area (Å²) in [5.41, 5.74) is 3.62. The van der Waals surface area contributed by atoms with Crippen molar-refractivity contribution in [3.63, 3.8) is 0 Å². The molecule has 0 saturated heterocycles. The third-order valence-corrected chi connectivity index (χ3v) is 3.80. The smallest absolute Gasteiger partial charge is 0.330 e. The van der Waals surface area contributed by atoms with Crippen LogP contribution in [0.1, 0.15) is 25.0 Å². The van der Waals surface area contributed by atoms with Crippen molar-refractivity contribution in [3.8, 4) is 11.5 Å². The second-order valence-corrected chi connectivity index (χ2v) is 6.04. The highest BCUT2D eigenvalue weighted by Gasteiger charge is 2.11. The fourth-order valence-electron chi connectivity index (χ4n) is 2.44. The van der Waals surface area contributed by atoms with E-state index < -0.39 is 5.97 Å². The molecule has 0 saturated carbocycles. The summed E-state index contributed by atoms with van der Waals surface area (Å²) in [5, 5.41) is 22.6. The molecule has 2 rings (SSSR count). The standard InChI is InChI=1S/C21H23NO4/c1-14(2)7-12-17-18(5-4-6-20(17)23)22-19(13-21(24)25)15-8-10-16(26-3)11-9-15/h4-11,13,22-23H,12H2,1-3H3,(H,24,25). The van der Waals surface area contributed by atoms with Gasteiger partial charge in [0.05, 0.1) is 12.8 Å². The third kappa shape index (κ3) is 5.14. The molecule has 3 N–H and O–H groups in total. The molecule has 0 atom stereocenters. The average Bonchev–Trinajstić information content (AvgIpc) is 2.60. The van der Waals surface area contributed by atoms with E-state index in [1.807, 2.05) is 26.0 Å². The Morgan fingerprint density at radius 2 is 1.85 bits per heavy atom. The SMILES string of the molecule is COc1ccc(C(=CC(=O)O)Nc2cccc(O)c2CC=C(C)C)cc1. The molecule has 136 valence electrons. The lowest BCUT2D eigenvalue weighted by molar-refractivity contribution is -0.131. The number of hydrogen-bond acceptors (Lipinski definition) is 4. The Labute approximate surface area is 153 Å². The van der Waals surface area contributed by atoms with Crippen molar-refractivity contribution in [2.24, 2.45) is 0 Å². The van der Waals surface area contributed by atoms with E-state index in [2.05, 4.69) is 5.32 Å². The fraction of sp³-hybridized carbons (Fsp3) is 0.190. The van der Waals surface area contributed by atoms with Crippen molar-refractivity contribution in [2.75, 3.05) is 12.4 Å². The summed E-state index contributed by atoms with van der Waals surface area (Å²) >= 11 is 0. The van der Waals surface area contributed by atoms with Crippen LogP contribution in [0.4, 0.5) is 5.69 Å². The van der Waals surface area contributed by atoms with Crippen LogP contribution in [-0.4, -0.2) is 23.3 Å². The van der Waals surface area contributed by atoms with Crippen LogP contribution in [0.25, 0.3) is 5.70 Å². The summed E-state index contributed by atoms with van der Waals surface area (Å²) < 4.78 is 5.14. The van der Waals surface area contributed by atoms with Gasteiger partial charge in [0.1, 0.15) is 11.5 Å². The highest BCUT2D eigenvalue weighted by molar-refractivity contribution is 5.93. The number of hydrogen-bond donors (Lipinski definition) is 3. The molecule has 5 heteroatoms. The number of phenolic OH excluding ortho intramolecular Hbond substituents is 1. The topological polar surface area (TPSA) is 78.8 Å². The number of rotatable bonds is 7. The maximum Gasteiger partial charge on any atom is 0.330 e. The predicted molar refractivity (Wildman–Crippen MR) is 103 cm³/mol. The second-order valence-electron chi connectivity index (χ2n) is 6.04. The number of allylic oxidation sites excluding steroid dienone is 2. The lowest BCUT2D eigenvalue weighted by Crippen LogP contribution is -2.05. The number of methoxy groups -OCH3 is 1. The largest absolute Gasteiger partial charge is 0.508 e. The van der Waals surface area contributed by atoms with Crippen molar-refractivity contribution in [3.05, 3.63) is 71.3 Å². The van der Waals surface area contributed by atoms with Crippen LogP contribution in [-0.2, 0) is 11.2 Å². The van der Waals surface area contributed by atoms with Crippen LogP contribution in [0.5, 0.6) is 11.5 Å². The number of ether oxygens (including phenoxy) is 1. The molecule has 0 aliphatic rings.